The SMILES string of the molecule is CN(OC(C)(C)C)C(=O)c1ccc(Nc2ccccc2)cc1. The third-order valence-electron chi connectivity index (χ3n) is 2.89. The molecule has 2 aromatic carbocycles. The number of hydrogen-bond donors (Lipinski definition) is 1. The van der Waals surface area contributed by atoms with E-state index in [9.17, 15) is 4.79 Å². The number of para-hydroxylation sites is 1. The summed E-state index contributed by atoms with van der Waals surface area (Å²) in [5.74, 6) is -0.166. The Balaban J connectivity index is 2.04. The number of anilines is 2. The summed E-state index contributed by atoms with van der Waals surface area (Å²) in [5, 5.41) is 4.56. The minimum atomic E-state index is -0.404. The second-order valence-electron chi connectivity index (χ2n) is 6.07. The normalized spacial score (nSPS) is 11.1. The number of hydroxylamine groups is 2. The number of carbonyl (C=O) groups is 1. The van der Waals surface area contributed by atoms with Crippen LogP contribution in [0.4, 0.5) is 11.4 Å². The fraction of sp³-hybridized carbons (Fsp3) is 0.278. The topological polar surface area (TPSA) is 41.6 Å². The molecule has 4 heteroatoms. The average molecular weight is 298 g/mol. The quantitative estimate of drug-likeness (QED) is 0.859. The third-order valence-corrected chi connectivity index (χ3v) is 2.89. The highest BCUT2D eigenvalue weighted by atomic mass is 16.7. The van der Waals surface area contributed by atoms with Gasteiger partial charge in [-0.3, -0.25) is 9.63 Å². The summed E-state index contributed by atoms with van der Waals surface area (Å²) in [7, 11) is 1.63. The second-order valence-corrected chi connectivity index (χ2v) is 6.07. The largest absolute Gasteiger partial charge is 0.356 e. The van der Waals surface area contributed by atoms with E-state index in [1.165, 1.54) is 5.06 Å². The summed E-state index contributed by atoms with van der Waals surface area (Å²) in [5.41, 5.74) is 2.13. The molecule has 1 amide bonds. The molecule has 1 N–H and O–H groups in total. The van der Waals surface area contributed by atoms with Gasteiger partial charge in [0.2, 0.25) is 0 Å². The molecule has 0 saturated carbocycles. The van der Waals surface area contributed by atoms with Crippen LogP contribution in [0.1, 0.15) is 31.1 Å². The van der Waals surface area contributed by atoms with Crippen LogP contribution in [0.5, 0.6) is 0 Å². The number of nitrogens with one attached hydrogen (secondary N) is 1. The minimum absolute atomic E-state index is 0.166. The smallest absolute Gasteiger partial charge is 0.277 e. The van der Waals surface area contributed by atoms with Crippen LogP contribution in [0.25, 0.3) is 0 Å². The number of carbonyl (C=O) groups excluding carboxylic acids is 1. The molecule has 0 radical (unpaired) electrons. The van der Waals surface area contributed by atoms with Gasteiger partial charge in [0.25, 0.3) is 5.91 Å². The molecule has 0 aliphatic rings. The van der Waals surface area contributed by atoms with Crippen molar-refractivity contribution < 1.29 is 9.63 Å². The van der Waals surface area contributed by atoms with E-state index in [-0.39, 0.29) is 5.91 Å². The van der Waals surface area contributed by atoms with E-state index < -0.39 is 5.60 Å². The van der Waals surface area contributed by atoms with Crippen molar-refractivity contribution in [2.45, 2.75) is 26.4 Å². The average Bonchev–Trinajstić information content (AvgIpc) is 2.46. The summed E-state index contributed by atoms with van der Waals surface area (Å²) in [6, 6.07) is 17.2. The van der Waals surface area contributed by atoms with E-state index in [0.717, 1.165) is 11.4 Å². The highest BCUT2D eigenvalue weighted by molar-refractivity contribution is 5.93. The summed E-state index contributed by atoms with van der Waals surface area (Å²) < 4.78 is 0. The summed E-state index contributed by atoms with van der Waals surface area (Å²) in [6.07, 6.45) is 0. The van der Waals surface area contributed by atoms with Gasteiger partial charge in [-0.15, -0.1) is 0 Å². The van der Waals surface area contributed by atoms with Crippen LogP contribution in [-0.2, 0) is 4.84 Å². The fourth-order valence-electron chi connectivity index (χ4n) is 2.02. The Morgan fingerprint density at radius 1 is 0.955 bits per heavy atom. The fourth-order valence-corrected chi connectivity index (χ4v) is 2.02. The van der Waals surface area contributed by atoms with Gasteiger partial charge in [-0.25, -0.2) is 5.06 Å². The van der Waals surface area contributed by atoms with Crippen LogP contribution >= 0.6 is 0 Å². The first kappa shape index (κ1) is 16.0. The van der Waals surface area contributed by atoms with Crippen LogP contribution in [0, 0.1) is 0 Å². The molecule has 0 bridgehead atoms. The molecule has 0 aliphatic carbocycles. The van der Waals surface area contributed by atoms with Crippen molar-refractivity contribution in [1.29, 1.82) is 0 Å². The van der Waals surface area contributed by atoms with Crippen molar-refractivity contribution in [3.63, 3.8) is 0 Å². The Bertz CT molecular complexity index is 616. The van der Waals surface area contributed by atoms with Crippen LogP contribution in [0.3, 0.4) is 0 Å². The standard InChI is InChI=1S/C18H22N2O2/c1-18(2,3)22-20(4)17(21)14-10-12-16(13-11-14)19-15-8-6-5-7-9-15/h5-13,19H,1-4H3. The molecule has 0 atom stereocenters. The Morgan fingerprint density at radius 3 is 2.05 bits per heavy atom. The Labute approximate surface area is 131 Å². The van der Waals surface area contributed by atoms with Gasteiger partial charge in [0.1, 0.15) is 0 Å². The Hall–Kier alpha value is -2.33. The van der Waals surface area contributed by atoms with E-state index in [4.69, 9.17) is 4.84 Å². The molecule has 0 heterocycles. The molecule has 0 fully saturated rings. The van der Waals surface area contributed by atoms with Gasteiger partial charge in [0.15, 0.2) is 0 Å². The lowest BCUT2D eigenvalue weighted by Crippen LogP contribution is -2.35. The van der Waals surface area contributed by atoms with Crippen molar-refractivity contribution in [3.05, 3.63) is 60.2 Å². The number of hydrogen-bond acceptors (Lipinski definition) is 3. The van der Waals surface area contributed by atoms with E-state index >= 15 is 0 Å². The zero-order valence-corrected chi connectivity index (χ0v) is 13.5. The molecular weight excluding hydrogens is 276 g/mol. The number of amides is 1. The van der Waals surface area contributed by atoms with Gasteiger partial charge in [0.05, 0.1) is 5.60 Å². The van der Waals surface area contributed by atoms with Gasteiger partial charge in [-0.05, 0) is 57.2 Å². The predicted octanol–water partition coefficient (Wildman–Crippen LogP) is 4.23. The zero-order valence-electron chi connectivity index (χ0n) is 13.5. The van der Waals surface area contributed by atoms with Gasteiger partial charge in [-0.2, -0.15) is 0 Å². The predicted molar refractivity (Wildman–Crippen MR) is 89.1 cm³/mol. The van der Waals surface area contributed by atoms with Crippen LogP contribution < -0.4 is 5.32 Å². The maximum absolute atomic E-state index is 12.3. The summed E-state index contributed by atoms with van der Waals surface area (Å²) >= 11 is 0. The lowest BCUT2D eigenvalue weighted by atomic mass is 10.2. The molecule has 0 aliphatic heterocycles. The second kappa shape index (κ2) is 6.62. The van der Waals surface area contributed by atoms with Gasteiger partial charge >= 0.3 is 0 Å². The van der Waals surface area contributed by atoms with E-state index in [1.807, 2.05) is 63.2 Å². The molecule has 2 rings (SSSR count). The molecule has 4 nitrogen and oxygen atoms in total. The molecule has 0 unspecified atom stereocenters. The first-order valence-corrected chi connectivity index (χ1v) is 7.24. The number of nitrogens with zero attached hydrogens (tertiary/aromatic N) is 1. The lowest BCUT2D eigenvalue weighted by Gasteiger charge is -2.26. The molecule has 0 spiro atoms. The Morgan fingerprint density at radius 2 is 1.50 bits per heavy atom. The monoisotopic (exact) mass is 298 g/mol. The number of benzene rings is 2. The highest BCUT2D eigenvalue weighted by Gasteiger charge is 2.19. The Kier molecular flexibility index (Phi) is 4.83. The first-order valence-electron chi connectivity index (χ1n) is 7.24. The van der Waals surface area contributed by atoms with Crippen LogP contribution in [0.2, 0.25) is 0 Å². The molecule has 116 valence electrons. The van der Waals surface area contributed by atoms with Gasteiger partial charge in [-0.1, -0.05) is 18.2 Å². The third kappa shape index (κ3) is 4.60. The molecule has 22 heavy (non-hydrogen) atoms. The maximum atomic E-state index is 12.3. The first-order chi connectivity index (χ1) is 10.3. The van der Waals surface area contributed by atoms with E-state index in [0.29, 0.717) is 5.56 Å². The van der Waals surface area contributed by atoms with Crippen molar-refractivity contribution in [2.24, 2.45) is 0 Å². The zero-order chi connectivity index (χ0) is 16.2. The van der Waals surface area contributed by atoms with Gasteiger partial charge in [0, 0.05) is 24.0 Å². The van der Waals surface area contributed by atoms with E-state index in [2.05, 4.69) is 5.32 Å². The summed E-state index contributed by atoms with van der Waals surface area (Å²) in [6.45, 7) is 5.72. The lowest BCUT2D eigenvalue weighted by molar-refractivity contribution is -0.182. The molecule has 0 aromatic heterocycles. The van der Waals surface area contributed by atoms with Crippen molar-refractivity contribution in [2.75, 3.05) is 12.4 Å². The van der Waals surface area contributed by atoms with Crippen molar-refractivity contribution in [1.82, 2.24) is 5.06 Å². The molecule has 0 saturated heterocycles. The summed E-state index contributed by atoms with van der Waals surface area (Å²) in [4.78, 5) is 17.8. The molecule has 2 aromatic rings. The maximum Gasteiger partial charge on any atom is 0.277 e. The number of rotatable bonds is 4. The minimum Gasteiger partial charge on any atom is -0.356 e. The van der Waals surface area contributed by atoms with Crippen LogP contribution in [0.15, 0.2) is 54.6 Å². The molecular formula is C18H22N2O2. The van der Waals surface area contributed by atoms with Gasteiger partial charge < -0.3 is 5.32 Å². The highest BCUT2D eigenvalue weighted by Crippen LogP contribution is 2.18. The van der Waals surface area contributed by atoms with Crippen LogP contribution in [-0.4, -0.2) is 23.6 Å². The van der Waals surface area contributed by atoms with Crippen molar-refractivity contribution >= 4 is 17.3 Å². The van der Waals surface area contributed by atoms with Crippen molar-refractivity contribution in [3.8, 4) is 0 Å². The van der Waals surface area contributed by atoms with E-state index in [1.54, 1.807) is 19.2 Å².